The minimum Gasteiger partial charge on any atom is -0.339 e. The van der Waals surface area contributed by atoms with E-state index in [1.807, 2.05) is 24.3 Å². The lowest BCUT2D eigenvalue weighted by molar-refractivity contribution is -0.119. The SMILES string of the molecule is CC(=O)N[C@@H](NC(=S)Nc1ccccc1I)C(Cl)(Cl)Cl. The van der Waals surface area contributed by atoms with Gasteiger partial charge in [-0.3, -0.25) is 4.79 Å². The van der Waals surface area contributed by atoms with E-state index in [9.17, 15) is 4.79 Å². The predicted octanol–water partition coefficient (Wildman–Crippen LogP) is 3.41. The monoisotopic (exact) mass is 465 g/mol. The Morgan fingerprint density at radius 3 is 2.40 bits per heavy atom. The van der Waals surface area contributed by atoms with Gasteiger partial charge in [-0.25, -0.2) is 0 Å². The first-order valence-electron chi connectivity index (χ1n) is 5.36. The van der Waals surface area contributed by atoms with Crippen molar-refractivity contribution in [1.29, 1.82) is 0 Å². The number of hydrogen-bond acceptors (Lipinski definition) is 2. The second-order valence-electron chi connectivity index (χ2n) is 3.75. The first kappa shape index (κ1) is 18.0. The number of halogens is 4. The van der Waals surface area contributed by atoms with Crippen LogP contribution in [0, 0.1) is 3.57 Å². The molecule has 0 heterocycles. The van der Waals surface area contributed by atoms with E-state index in [4.69, 9.17) is 47.0 Å². The quantitative estimate of drug-likeness (QED) is 0.277. The summed E-state index contributed by atoms with van der Waals surface area (Å²) in [7, 11) is 0. The molecule has 0 saturated carbocycles. The lowest BCUT2D eigenvalue weighted by atomic mass is 10.3. The first-order valence-corrected chi connectivity index (χ1v) is 7.98. The molecule has 0 aliphatic carbocycles. The van der Waals surface area contributed by atoms with Crippen LogP contribution in [0.4, 0.5) is 5.69 Å². The summed E-state index contributed by atoms with van der Waals surface area (Å²) < 4.78 is -0.749. The van der Waals surface area contributed by atoms with Crippen LogP contribution < -0.4 is 16.0 Å². The Hall–Kier alpha value is -0.0200. The van der Waals surface area contributed by atoms with Crippen LogP contribution in [0.5, 0.6) is 0 Å². The largest absolute Gasteiger partial charge is 0.339 e. The number of rotatable bonds is 3. The molecule has 0 aromatic heterocycles. The molecule has 0 radical (unpaired) electrons. The lowest BCUT2D eigenvalue weighted by Crippen LogP contribution is -2.55. The molecule has 1 rings (SSSR count). The summed E-state index contributed by atoms with van der Waals surface area (Å²) in [6.45, 7) is 1.32. The third kappa shape index (κ3) is 6.17. The number of carbonyl (C=O) groups is 1. The number of alkyl halides is 3. The summed E-state index contributed by atoms with van der Waals surface area (Å²) in [5, 5.41) is 8.44. The molecule has 0 aliphatic rings. The van der Waals surface area contributed by atoms with Gasteiger partial charge < -0.3 is 16.0 Å². The second-order valence-corrected chi connectivity index (χ2v) is 7.69. The van der Waals surface area contributed by atoms with Gasteiger partial charge in [0.05, 0.1) is 5.69 Å². The average Bonchev–Trinajstić information content (AvgIpc) is 2.29. The Labute approximate surface area is 151 Å². The molecule has 0 unspecified atom stereocenters. The van der Waals surface area contributed by atoms with Crippen molar-refractivity contribution in [3.63, 3.8) is 0 Å². The van der Waals surface area contributed by atoms with Crippen molar-refractivity contribution >= 4 is 86.3 Å². The van der Waals surface area contributed by atoms with Crippen LogP contribution in [0.3, 0.4) is 0 Å². The van der Waals surface area contributed by atoms with Crippen molar-refractivity contribution in [1.82, 2.24) is 10.6 Å². The van der Waals surface area contributed by atoms with E-state index < -0.39 is 9.96 Å². The van der Waals surface area contributed by atoms with Gasteiger partial charge in [-0.1, -0.05) is 46.9 Å². The summed E-state index contributed by atoms with van der Waals surface area (Å²) >= 11 is 24.7. The van der Waals surface area contributed by atoms with Gasteiger partial charge in [-0.2, -0.15) is 0 Å². The zero-order valence-electron chi connectivity index (χ0n) is 10.2. The van der Waals surface area contributed by atoms with Crippen LogP contribution in [0.15, 0.2) is 24.3 Å². The highest BCUT2D eigenvalue weighted by Gasteiger charge is 2.34. The summed E-state index contributed by atoms with van der Waals surface area (Å²) in [6.07, 6.45) is -0.939. The Morgan fingerprint density at radius 2 is 1.90 bits per heavy atom. The van der Waals surface area contributed by atoms with Gasteiger partial charge in [0.2, 0.25) is 9.70 Å². The molecule has 1 aromatic carbocycles. The summed E-state index contributed by atoms with van der Waals surface area (Å²) in [4.78, 5) is 11.1. The minimum atomic E-state index is -1.73. The van der Waals surface area contributed by atoms with E-state index in [1.54, 1.807) is 0 Å². The number of benzene rings is 1. The maximum absolute atomic E-state index is 11.1. The molecular formula is C11H11Cl3IN3OS. The zero-order chi connectivity index (χ0) is 15.3. The van der Waals surface area contributed by atoms with Gasteiger partial charge in [0.1, 0.15) is 6.17 Å². The maximum Gasteiger partial charge on any atom is 0.228 e. The van der Waals surface area contributed by atoms with Crippen LogP contribution in [0.2, 0.25) is 0 Å². The van der Waals surface area contributed by atoms with E-state index >= 15 is 0 Å². The fourth-order valence-corrected chi connectivity index (χ4v) is 2.33. The van der Waals surface area contributed by atoms with E-state index in [-0.39, 0.29) is 11.0 Å². The molecular weight excluding hydrogens is 455 g/mol. The molecule has 1 aromatic rings. The second kappa shape index (κ2) is 7.84. The standard InChI is InChI=1S/C11H11Cl3IN3OS/c1-6(19)16-9(11(12,13)14)18-10(20)17-8-5-3-2-4-7(8)15/h2-5,9H,1H3,(H,16,19)(H2,17,18,20)/t9-/m0/s1. The van der Waals surface area contributed by atoms with Crippen molar-refractivity contribution in [2.24, 2.45) is 0 Å². The molecule has 110 valence electrons. The van der Waals surface area contributed by atoms with Gasteiger partial charge in [0.15, 0.2) is 5.11 Å². The Bertz CT molecular complexity index is 510. The number of para-hydroxylation sites is 1. The molecule has 0 saturated heterocycles. The fourth-order valence-electron chi connectivity index (χ4n) is 1.26. The Morgan fingerprint density at radius 1 is 1.30 bits per heavy atom. The molecule has 1 atom stereocenters. The van der Waals surface area contributed by atoms with Gasteiger partial charge in [0, 0.05) is 10.5 Å². The molecule has 0 spiro atoms. The fraction of sp³-hybridized carbons (Fsp3) is 0.273. The van der Waals surface area contributed by atoms with Crippen LogP contribution in [0.25, 0.3) is 0 Å². The molecule has 3 N–H and O–H groups in total. The molecule has 20 heavy (non-hydrogen) atoms. The highest BCUT2D eigenvalue weighted by molar-refractivity contribution is 14.1. The van der Waals surface area contributed by atoms with Crippen LogP contribution in [0.1, 0.15) is 6.92 Å². The van der Waals surface area contributed by atoms with Crippen molar-refractivity contribution in [3.8, 4) is 0 Å². The third-order valence-corrected chi connectivity index (χ3v) is 3.89. The molecule has 0 bridgehead atoms. The number of nitrogens with one attached hydrogen (secondary N) is 3. The summed E-state index contributed by atoms with van der Waals surface area (Å²) in [6, 6.07) is 7.56. The number of carbonyl (C=O) groups excluding carboxylic acids is 1. The van der Waals surface area contributed by atoms with E-state index in [1.165, 1.54) is 6.92 Å². The molecule has 0 fully saturated rings. The molecule has 9 heteroatoms. The minimum absolute atomic E-state index is 0.235. The highest BCUT2D eigenvalue weighted by atomic mass is 127. The summed E-state index contributed by atoms with van der Waals surface area (Å²) in [5.74, 6) is -0.342. The number of thiocarbonyl (C=S) groups is 1. The van der Waals surface area contributed by atoms with Crippen LogP contribution >= 0.6 is 69.6 Å². The van der Waals surface area contributed by atoms with Crippen molar-refractivity contribution < 1.29 is 4.79 Å². The van der Waals surface area contributed by atoms with Gasteiger partial charge >= 0.3 is 0 Å². The van der Waals surface area contributed by atoms with E-state index in [2.05, 4.69) is 38.5 Å². The van der Waals surface area contributed by atoms with Crippen LogP contribution in [-0.4, -0.2) is 21.0 Å². The van der Waals surface area contributed by atoms with Crippen molar-refractivity contribution in [2.45, 2.75) is 16.9 Å². The molecule has 1 amide bonds. The van der Waals surface area contributed by atoms with Crippen molar-refractivity contribution in [2.75, 3.05) is 5.32 Å². The normalized spacial score (nSPS) is 12.4. The number of amides is 1. The van der Waals surface area contributed by atoms with Gasteiger partial charge in [-0.15, -0.1) is 0 Å². The van der Waals surface area contributed by atoms with E-state index in [0.717, 1.165) is 9.26 Å². The van der Waals surface area contributed by atoms with Gasteiger partial charge in [-0.05, 0) is 46.9 Å². The maximum atomic E-state index is 11.1. The third-order valence-electron chi connectivity index (χ3n) is 2.07. The summed E-state index contributed by atoms with van der Waals surface area (Å²) in [5.41, 5.74) is 0.816. The lowest BCUT2D eigenvalue weighted by Gasteiger charge is -2.27. The smallest absolute Gasteiger partial charge is 0.228 e. The highest BCUT2D eigenvalue weighted by Crippen LogP contribution is 2.29. The number of anilines is 1. The topological polar surface area (TPSA) is 53.2 Å². The van der Waals surface area contributed by atoms with Crippen LogP contribution in [-0.2, 0) is 4.79 Å². The first-order chi connectivity index (χ1) is 9.20. The number of hydrogen-bond donors (Lipinski definition) is 3. The average molecular weight is 467 g/mol. The van der Waals surface area contributed by atoms with E-state index in [0.29, 0.717) is 0 Å². The Balaban J connectivity index is 2.72. The molecule has 0 aliphatic heterocycles. The Kier molecular flexibility index (Phi) is 7.07. The predicted molar refractivity (Wildman–Crippen MR) is 96.4 cm³/mol. The molecule has 4 nitrogen and oxygen atoms in total. The van der Waals surface area contributed by atoms with Gasteiger partial charge in [0.25, 0.3) is 0 Å². The zero-order valence-corrected chi connectivity index (χ0v) is 15.5. The van der Waals surface area contributed by atoms with Crippen molar-refractivity contribution in [3.05, 3.63) is 27.8 Å².